The lowest BCUT2D eigenvalue weighted by atomic mass is 10.1. The minimum atomic E-state index is -4.88. The molecule has 0 radical (unpaired) electrons. The number of hydrogen-bond donors (Lipinski definition) is 2. The van der Waals surface area contributed by atoms with E-state index in [1.54, 1.807) is 0 Å². The molecule has 5 rings (SSSR count). The fourth-order valence-corrected chi connectivity index (χ4v) is 4.74. The number of amides is 2. The molecule has 0 spiro atoms. The van der Waals surface area contributed by atoms with Crippen molar-refractivity contribution >= 4 is 44.7 Å². The summed E-state index contributed by atoms with van der Waals surface area (Å²) in [5.74, 6) is -2.31. The van der Waals surface area contributed by atoms with Crippen LogP contribution in [0.3, 0.4) is 0 Å². The molecule has 0 saturated carbocycles. The van der Waals surface area contributed by atoms with Gasteiger partial charge in [0.2, 0.25) is 0 Å². The molecule has 0 bridgehead atoms. The molecule has 2 amide bonds. The van der Waals surface area contributed by atoms with Gasteiger partial charge in [0.15, 0.2) is 11.3 Å². The number of alkyl halides is 7. The minimum Gasteiger partial charge on any atom is -0.464 e. The molecule has 0 aromatic carbocycles. The van der Waals surface area contributed by atoms with Crippen LogP contribution in [0.4, 0.5) is 36.4 Å². The highest BCUT2D eigenvalue weighted by Crippen LogP contribution is 2.44. The Bertz CT molecular complexity index is 1740. The number of nitrogens with two attached hydrogens (primary N) is 1. The number of nitrogens with zero attached hydrogens (tertiary/aromatic N) is 4. The predicted molar refractivity (Wildman–Crippen MR) is 122 cm³/mol. The number of rotatable bonds is 6. The third-order valence-electron chi connectivity index (χ3n) is 5.36. The molecule has 0 aliphatic rings. The van der Waals surface area contributed by atoms with E-state index >= 15 is 0 Å². The second-order valence-electron chi connectivity index (χ2n) is 7.84. The lowest BCUT2D eigenvalue weighted by Gasteiger charge is -2.10. The van der Waals surface area contributed by atoms with Crippen LogP contribution >= 0.6 is 11.3 Å². The minimum absolute atomic E-state index is 0.0600. The molecule has 17 heteroatoms. The zero-order valence-corrected chi connectivity index (χ0v) is 19.6. The number of halogens is 7. The maximum atomic E-state index is 13.5. The number of nitrogens with one attached hydrogen (secondary N) is 1. The van der Waals surface area contributed by atoms with E-state index in [0.717, 1.165) is 6.07 Å². The number of hydrogen-bond acceptors (Lipinski definition) is 7. The Hall–Kier alpha value is -4.54. The number of carbonyl (C=O) groups excluding carboxylic acids is 2. The molecule has 0 aliphatic carbocycles. The summed E-state index contributed by atoms with van der Waals surface area (Å²) in [6.07, 6.45) is -10.1. The number of thiophene rings is 1. The van der Waals surface area contributed by atoms with Gasteiger partial charge in [-0.05, 0) is 24.3 Å². The van der Waals surface area contributed by atoms with E-state index in [0.29, 0.717) is 28.0 Å². The molecule has 5 aromatic rings. The summed E-state index contributed by atoms with van der Waals surface area (Å²) in [5.41, 5.74) is 0.567. The van der Waals surface area contributed by atoms with Crippen molar-refractivity contribution < 1.29 is 44.7 Å². The molecule has 39 heavy (non-hydrogen) atoms. The largest absolute Gasteiger partial charge is 0.464 e. The third kappa shape index (κ3) is 4.64. The number of pyridine rings is 1. The summed E-state index contributed by atoms with van der Waals surface area (Å²) < 4.78 is 99.6. The van der Waals surface area contributed by atoms with Crippen LogP contribution in [0.25, 0.3) is 27.2 Å². The Morgan fingerprint density at radius 1 is 1.08 bits per heavy atom. The second-order valence-corrected chi connectivity index (χ2v) is 8.84. The molecule has 0 saturated heterocycles. The molecule has 9 nitrogen and oxygen atoms in total. The van der Waals surface area contributed by atoms with Crippen molar-refractivity contribution in [2.45, 2.75) is 19.0 Å². The van der Waals surface area contributed by atoms with Gasteiger partial charge in [-0.3, -0.25) is 9.59 Å². The molecular weight excluding hydrogens is 561 g/mol. The molecule has 5 aromatic heterocycles. The standard InChI is InChI=1S/C22H11F7N6O3S/c23-17(24)8-5-10(18(25)26)35-13(31-8)6-9(34-35)20(37)33-15-14-7(11-2-1-3-38-11)4-12(22(27,28)29)32-21(14)39-16(15)19(30)36/h1-6,17-18H,(H2,30,36)(H,33,37). The van der Waals surface area contributed by atoms with Gasteiger partial charge in [0.05, 0.1) is 12.0 Å². The molecule has 202 valence electrons. The van der Waals surface area contributed by atoms with E-state index in [1.807, 2.05) is 0 Å². The molecular formula is C22H11F7N6O3S. The van der Waals surface area contributed by atoms with Gasteiger partial charge in [-0.1, -0.05) is 0 Å². The maximum absolute atomic E-state index is 13.5. The van der Waals surface area contributed by atoms with Crippen molar-refractivity contribution in [1.82, 2.24) is 19.6 Å². The Kier molecular flexibility index (Phi) is 6.24. The topological polar surface area (TPSA) is 128 Å². The van der Waals surface area contributed by atoms with Gasteiger partial charge >= 0.3 is 6.18 Å². The smallest absolute Gasteiger partial charge is 0.433 e. The van der Waals surface area contributed by atoms with E-state index in [1.165, 1.54) is 18.4 Å². The number of furan rings is 1. The molecule has 3 N–H and O–H groups in total. The molecule has 5 heterocycles. The number of carbonyl (C=O) groups is 2. The van der Waals surface area contributed by atoms with E-state index in [-0.39, 0.29) is 32.1 Å². The fraction of sp³-hybridized carbons (Fsp3) is 0.136. The monoisotopic (exact) mass is 572 g/mol. The van der Waals surface area contributed by atoms with Crippen LogP contribution in [0.15, 0.2) is 41.0 Å². The van der Waals surface area contributed by atoms with Crippen LogP contribution in [-0.2, 0) is 6.18 Å². The average molecular weight is 572 g/mol. The quantitative estimate of drug-likeness (QED) is 0.246. The van der Waals surface area contributed by atoms with Crippen LogP contribution < -0.4 is 11.1 Å². The summed E-state index contributed by atoms with van der Waals surface area (Å²) in [4.78, 5) is 31.7. The van der Waals surface area contributed by atoms with Gasteiger partial charge in [-0.2, -0.15) is 18.3 Å². The lowest BCUT2D eigenvalue weighted by Crippen LogP contribution is -2.17. The summed E-state index contributed by atoms with van der Waals surface area (Å²) in [7, 11) is 0. The van der Waals surface area contributed by atoms with Crippen molar-refractivity contribution in [2.24, 2.45) is 5.73 Å². The third-order valence-corrected chi connectivity index (χ3v) is 6.45. The average Bonchev–Trinajstić information content (AvgIpc) is 3.60. The summed E-state index contributed by atoms with van der Waals surface area (Å²) in [6, 6.07) is 4.67. The number of aromatic nitrogens is 4. The Morgan fingerprint density at radius 2 is 1.82 bits per heavy atom. The number of anilines is 1. The van der Waals surface area contributed by atoms with Gasteiger partial charge in [-0.15, -0.1) is 11.3 Å². The van der Waals surface area contributed by atoms with Crippen LogP contribution in [0.2, 0.25) is 0 Å². The van der Waals surface area contributed by atoms with Gasteiger partial charge in [0, 0.05) is 17.0 Å². The normalized spacial score (nSPS) is 12.2. The lowest BCUT2D eigenvalue weighted by molar-refractivity contribution is -0.140. The first-order chi connectivity index (χ1) is 18.3. The maximum Gasteiger partial charge on any atom is 0.433 e. The van der Waals surface area contributed by atoms with Gasteiger partial charge in [0.1, 0.15) is 32.5 Å². The van der Waals surface area contributed by atoms with Crippen molar-refractivity contribution in [3.8, 4) is 11.3 Å². The second kappa shape index (κ2) is 9.33. The first-order valence-corrected chi connectivity index (χ1v) is 11.3. The first kappa shape index (κ1) is 26.1. The number of fused-ring (bicyclic) bond motifs is 2. The van der Waals surface area contributed by atoms with Crippen LogP contribution in [-0.4, -0.2) is 31.4 Å². The van der Waals surface area contributed by atoms with Crippen molar-refractivity contribution in [1.29, 1.82) is 0 Å². The van der Waals surface area contributed by atoms with Gasteiger partial charge in [-0.25, -0.2) is 32.0 Å². The van der Waals surface area contributed by atoms with E-state index < -0.39 is 59.3 Å². The van der Waals surface area contributed by atoms with E-state index in [9.17, 15) is 40.3 Å². The van der Waals surface area contributed by atoms with Crippen molar-refractivity contribution in [3.05, 3.63) is 64.2 Å². The summed E-state index contributed by atoms with van der Waals surface area (Å²) in [5, 5.41) is 5.89. The van der Waals surface area contributed by atoms with Gasteiger partial charge in [0.25, 0.3) is 24.7 Å². The number of primary amides is 1. The Labute approximate surface area is 215 Å². The first-order valence-electron chi connectivity index (χ1n) is 10.5. The van der Waals surface area contributed by atoms with E-state index in [2.05, 4.69) is 20.4 Å². The van der Waals surface area contributed by atoms with Crippen LogP contribution in [0.5, 0.6) is 0 Å². The Morgan fingerprint density at radius 3 is 2.41 bits per heavy atom. The van der Waals surface area contributed by atoms with Crippen LogP contribution in [0, 0.1) is 0 Å². The zero-order chi connectivity index (χ0) is 28.2. The molecule has 0 aliphatic heterocycles. The van der Waals surface area contributed by atoms with Crippen LogP contribution in [0.1, 0.15) is 50.1 Å². The highest BCUT2D eigenvalue weighted by molar-refractivity contribution is 7.21. The summed E-state index contributed by atoms with van der Waals surface area (Å²) >= 11 is 0.465. The highest BCUT2D eigenvalue weighted by Gasteiger charge is 2.35. The highest BCUT2D eigenvalue weighted by atomic mass is 32.1. The van der Waals surface area contributed by atoms with Crippen molar-refractivity contribution in [3.63, 3.8) is 0 Å². The predicted octanol–water partition coefficient (Wildman–Crippen LogP) is 5.84. The molecule has 0 unspecified atom stereocenters. The molecule has 0 fully saturated rings. The summed E-state index contributed by atoms with van der Waals surface area (Å²) in [6.45, 7) is 0. The zero-order valence-electron chi connectivity index (χ0n) is 18.8. The van der Waals surface area contributed by atoms with E-state index in [4.69, 9.17) is 10.2 Å². The fourth-order valence-electron chi connectivity index (χ4n) is 3.74. The SMILES string of the molecule is NC(=O)c1sc2nc(C(F)(F)F)cc(-c3ccco3)c2c1NC(=O)c1cc2nc(C(F)F)cc(C(F)F)n2n1. The Balaban J connectivity index is 1.67. The van der Waals surface area contributed by atoms with Crippen molar-refractivity contribution in [2.75, 3.05) is 5.32 Å². The molecule has 0 atom stereocenters. The van der Waals surface area contributed by atoms with Gasteiger partial charge < -0.3 is 15.5 Å².